The summed E-state index contributed by atoms with van der Waals surface area (Å²) in [5.74, 6) is 3.12. The maximum Gasteiger partial charge on any atom is 0.148 e. The van der Waals surface area contributed by atoms with Crippen molar-refractivity contribution in [2.45, 2.75) is 38.5 Å². The van der Waals surface area contributed by atoms with Crippen molar-refractivity contribution < 1.29 is 8.42 Å². The van der Waals surface area contributed by atoms with Gasteiger partial charge in [-0.15, -0.1) is 0 Å². The van der Waals surface area contributed by atoms with Crippen molar-refractivity contribution in [3.8, 4) is 0 Å². The Morgan fingerprint density at radius 3 is 2.27 bits per heavy atom. The van der Waals surface area contributed by atoms with Gasteiger partial charge in [-0.05, 0) is 24.5 Å². The lowest BCUT2D eigenvalue weighted by Crippen LogP contribution is -2.08. The van der Waals surface area contributed by atoms with E-state index in [9.17, 15) is 8.42 Å². The summed E-state index contributed by atoms with van der Waals surface area (Å²) in [5.41, 5.74) is 0. The molecule has 0 amide bonds. The number of hydrogen-bond acceptors (Lipinski definition) is 3. The Bertz CT molecular complexity index is 252. The van der Waals surface area contributed by atoms with E-state index in [1.165, 1.54) is 44.8 Å². The molecule has 0 spiro atoms. The molecule has 4 heteroatoms. The molecule has 1 aliphatic carbocycles. The molecule has 0 unspecified atom stereocenters. The lowest BCUT2D eigenvalue weighted by atomic mass is 10.0. The van der Waals surface area contributed by atoms with E-state index in [0.29, 0.717) is 5.75 Å². The van der Waals surface area contributed by atoms with E-state index in [2.05, 4.69) is 0 Å². The molecule has 0 radical (unpaired) electrons. The zero-order valence-corrected chi connectivity index (χ0v) is 11.2. The predicted molar refractivity (Wildman–Crippen MR) is 68.2 cm³/mol. The van der Waals surface area contributed by atoms with Crippen molar-refractivity contribution in [2.75, 3.05) is 23.5 Å². The molecule has 0 heterocycles. The van der Waals surface area contributed by atoms with Crippen LogP contribution >= 0.6 is 11.8 Å². The molecule has 0 N–H and O–H groups in total. The minimum absolute atomic E-state index is 0.338. The van der Waals surface area contributed by atoms with Crippen LogP contribution in [0.3, 0.4) is 0 Å². The number of rotatable bonds is 5. The summed E-state index contributed by atoms with van der Waals surface area (Å²) in [6, 6.07) is 0. The van der Waals surface area contributed by atoms with Gasteiger partial charge in [0.2, 0.25) is 0 Å². The second-order valence-corrected chi connectivity index (χ2v) is 7.97. The fraction of sp³-hybridized carbons (Fsp3) is 1.00. The first-order valence-electron chi connectivity index (χ1n) is 5.83. The van der Waals surface area contributed by atoms with Gasteiger partial charge < -0.3 is 0 Å². The smallest absolute Gasteiger partial charge is 0.148 e. The second-order valence-electron chi connectivity index (χ2n) is 4.56. The molecule has 2 nitrogen and oxygen atoms in total. The molecule has 90 valence electrons. The molecule has 0 saturated heterocycles. The SMILES string of the molecule is CS(=O)(=O)CCSCC1CCCCCC1. The van der Waals surface area contributed by atoms with Gasteiger partial charge in [-0.2, -0.15) is 11.8 Å². The summed E-state index contributed by atoms with van der Waals surface area (Å²) in [7, 11) is -2.76. The van der Waals surface area contributed by atoms with Crippen molar-refractivity contribution in [3.05, 3.63) is 0 Å². The minimum atomic E-state index is -2.76. The van der Waals surface area contributed by atoms with Crippen LogP contribution in [0.4, 0.5) is 0 Å². The molecule has 1 rings (SSSR count). The van der Waals surface area contributed by atoms with Gasteiger partial charge in [0.25, 0.3) is 0 Å². The highest BCUT2D eigenvalue weighted by Crippen LogP contribution is 2.25. The lowest BCUT2D eigenvalue weighted by Gasteiger charge is -2.12. The fourth-order valence-corrected chi connectivity index (χ4v) is 4.51. The third kappa shape index (κ3) is 7.23. The molecular formula is C11H22O2S2. The summed E-state index contributed by atoms with van der Waals surface area (Å²) in [5, 5.41) is 0. The molecule has 1 aliphatic rings. The van der Waals surface area contributed by atoms with Crippen molar-refractivity contribution >= 4 is 21.6 Å². The Labute approximate surface area is 98.1 Å². The van der Waals surface area contributed by atoms with E-state index in [0.717, 1.165) is 17.4 Å². The maximum absolute atomic E-state index is 10.9. The van der Waals surface area contributed by atoms with E-state index in [-0.39, 0.29) is 0 Å². The topological polar surface area (TPSA) is 34.1 Å². The molecule has 15 heavy (non-hydrogen) atoms. The highest BCUT2D eigenvalue weighted by atomic mass is 32.2. The van der Waals surface area contributed by atoms with Crippen LogP contribution in [-0.4, -0.2) is 31.9 Å². The Hall–Kier alpha value is 0.300. The minimum Gasteiger partial charge on any atom is -0.229 e. The first-order chi connectivity index (χ1) is 7.08. The maximum atomic E-state index is 10.9. The van der Waals surface area contributed by atoms with Crippen molar-refractivity contribution in [3.63, 3.8) is 0 Å². The molecule has 1 saturated carbocycles. The monoisotopic (exact) mass is 250 g/mol. The van der Waals surface area contributed by atoms with Crippen molar-refractivity contribution in [1.29, 1.82) is 0 Å². The van der Waals surface area contributed by atoms with Gasteiger partial charge in [0.1, 0.15) is 9.84 Å². The Morgan fingerprint density at radius 2 is 1.73 bits per heavy atom. The standard InChI is InChI=1S/C11H22O2S2/c1-15(12,13)9-8-14-10-11-6-4-2-3-5-7-11/h11H,2-10H2,1H3. The second kappa shape index (κ2) is 6.79. The fourth-order valence-electron chi connectivity index (χ4n) is 1.99. The number of hydrogen-bond donors (Lipinski definition) is 0. The van der Waals surface area contributed by atoms with Gasteiger partial charge in [0, 0.05) is 12.0 Å². The quantitative estimate of drug-likeness (QED) is 0.556. The van der Waals surface area contributed by atoms with Crippen LogP contribution in [0.25, 0.3) is 0 Å². The van der Waals surface area contributed by atoms with Crippen LogP contribution in [0, 0.1) is 5.92 Å². The van der Waals surface area contributed by atoms with Gasteiger partial charge in [-0.25, -0.2) is 8.42 Å². The van der Waals surface area contributed by atoms with E-state index >= 15 is 0 Å². The van der Waals surface area contributed by atoms with Gasteiger partial charge in [0.05, 0.1) is 5.75 Å². The average Bonchev–Trinajstić information content (AvgIpc) is 2.39. The summed E-state index contributed by atoms with van der Waals surface area (Å²) in [6.45, 7) is 0. The van der Waals surface area contributed by atoms with Crippen LogP contribution < -0.4 is 0 Å². The third-order valence-electron chi connectivity index (χ3n) is 2.93. The molecule has 0 atom stereocenters. The number of thioether (sulfide) groups is 1. The van der Waals surface area contributed by atoms with E-state index in [4.69, 9.17) is 0 Å². The van der Waals surface area contributed by atoms with Gasteiger partial charge >= 0.3 is 0 Å². The predicted octanol–water partition coefficient (Wildman–Crippen LogP) is 2.73. The van der Waals surface area contributed by atoms with Gasteiger partial charge in [-0.1, -0.05) is 25.7 Å². The zero-order chi connectivity index (χ0) is 11.1. The molecule has 0 aromatic heterocycles. The lowest BCUT2D eigenvalue weighted by molar-refractivity contribution is 0.513. The van der Waals surface area contributed by atoms with Crippen LogP contribution in [0.5, 0.6) is 0 Å². The summed E-state index contributed by atoms with van der Waals surface area (Å²) >= 11 is 1.82. The van der Waals surface area contributed by atoms with Crippen LogP contribution in [0.1, 0.15) is 38.5 Å². The molecule has 0 aromatic rings. The third-order valence-corrected chi connectivity index (χ3v) is 5.33. The normalized spacial score (nSPS) is 20.1. The van der Waals surface area contributed by atoms with Gasteiger partial charge in [0.15, 0.2) is 0 Å². The Balaban J connectivity index is 2.08. The van der Waals surface area contributed by atoms with E-state index in [1.807, 2.05) is 11.8 Å². The summed E-state index contributed by atoms with van der Waals surface area (Å²) in [4.78, 5) is 0. The van der Waals surface area contributed by atoms with Crippen LogP contribution in [0.15, 0.2) is 0 Å². The first kappa shape index (κ1) is 13.4. The average molecular weight is 250 g/mol. The Morgan fingerprint density at radius 1 is 1.13 bits per heavy atom. The van der Waals surface area contributed by atoms with Gasteiger partial charge in [-0.3, -0.25) is 0 Å². The Kier molecular flexibility index (Phi) is 6.05. The molecular weight excluding hydrogens is 228 g/mol. The van der Waals surface area contributed by atoms with Crippen LogP contribution in [0.2, 0.25) is 0 Å². The van der Waals surface area contributed by atoms with Crippen molar-refractivity contribution in [1.82, 2.24) is 0 Å². The van der Waals surface area contributed by atoms with Crippen LogP contribution in [-0.2, 0) is 9.84 Å². The zero-order valence-electron chi connectivity index (χ0n) is 9.57. The molecule has 0 aromatic carbocycles. The number of sulfone groups is 1. The van der Waals surface area contributed by atoms with E-state index < -0.39 is 9.84 Å². The molecule has 0 bridgehead atoms. The van der Waals surface area contributed by atoms with Crippen molar-refractivity contribution in [2.24, 2.45) is 5.92 Å². The van der Waals surface area contributed by atoms with E-state index in [1.54, 1.807) is 0 Å². The molecule has 0 aliphatic heterocycles. The largest absolute Gasteiger partial charge is 0.229 e. The summed E-state index contributed by atoms with van der Waals surface area (Å²) < 4.78 is 21.8. The molecule has 1 fully saturated rings. The summed E-state index contributed by atoms with van der Waals surface area (Å²) in [6.07, 6.45) is 9.56. The highest BCUT2D eigenvalue weighted by Gasteiger charge is 2.12. The first-order valence-corrected chi connectivity index (χ1v) is 9.05. The highest BCUT2D eigenvalue weighted by molar-refractivity contribution is 8.00.